The van der Waals surface area contributed by atoms with E-state index in [1.54, 1.807) is 25.1 Å². The van der Waals surface area contributed by atoms with Crippen LogP contribution in [0.4, 0.5) is 0 Å². The van der Waals surface area contributed by atoms with Gasteiger partial charge >= 0.3 is 5.97 Å². The lowest BCUT2D eigenvalue weighted by atomic mass is 9.72. The van der Waals surface area contributed by atoms with Gasteiger partial charge in [-0.3, -0.25) is 14.4 Å². The number of Topliss-reactive ketones (excluding diaryl/α,β-unsaturated/α-hetero) is 1. The van der Waals surface area contributed by atoms with Crippen LogP contribution in [0.2, 0.25) is 0 Å². The predicted octanol–water partition coefficient (Wildman–Crippen LogP) is 6.91. The monoisotopic (exact) mass is 884 g/mol. The molecule has 4 N–H and O–H groups in total. The topological polar surface area (TPSA) is 196 Å². The van der Waals surface area contributed by atoms with Crippen molar-refractivity contribution in [1.29, 1.82) is 0 Å². The summed E-state index contributed by atoms with van der Waals surface area (Å²) < 4.78 is 33.5. The van der Waals surface area contributed by atoms with E-state index >= 15 is 0 Å². The molecule has 2 spiro atoms. The van der Waals surface area contributed by atoms with Gasteiger partial charge in [-0.05, 0) is 108 Å². The van der Waals surface area contributed by atoms with Crippen LogP contribution < -0.4 is 5.48 Å². The van der Waals surface area contributed by atoms with Gasteiger partial charge in [0, 0.05) is 30.1 Å². The number of aliphatic hydroxyl groups excluding tert-OH is 1. The number of aliphatic hydroxyl groups is 2. The minimum absolute atomic E-state index is 0.0186. The van der Waals surface area contributed by atoms with Gasteiger partial charge in [0.05, 0.1) is 59.3 Å². The van der Waals surface area contributed by atoms with Crippen molar-refractivity contribution in [2.45, 2.75) is 193 Å². The Morgan fingerprint density at radius 3 is 2.25 bits per heavy atom. The standard InChI is InChI=1S/C49H73NO13/c1-11-33(45(56)61-50-44(55)35-16-14-15-17-36(35)51)37-19-18-27(4)42(59-37)31(8)40(53)30(7)41(54)34(12-2)43-28(5)26-29(6)48(60-43)23-20-38(52)49(63-48)25-24-46(10,62-49)39-21-22-47(57,13-3)32(9)58-39/h14-17,20,23,27-34,37,39-40,42-43,51,53,57H,11-13,18-19,21-22,24-26H2,1-10H3,(H,50,55)/t27-,28-,29+,30-,31-,32-,33+,34-,37+,39+,40+,42+,43-,46-,47+,48-,49-/m0/s1. The van der Waals surface area contributed by atoms with E-state index in [0.717, 1.165) is 0 Å². The molecular formula is C49H73NO13. The normalized spacial score (nSPS) is 39.3. The Bertz CT molecular complexity index is 1860. The second-order valence-corrected chi connectivity index (χ2v) is 19.8. The first-order chi connectivity index (χ1) is 29.7. The maximum Gasteiger partial charge on any atom is 0.337 e. The van der Waals surface area contributed by atoms with Crippen LogP contribution in [0.5, 0.6) is 5.75 Å². The van der Waals surface area contributed by atoms with Crippen LogP contribution in [-0.2, 0) is 42.9 Å². The number of hydrogen-bond acceptors (Lipinski definition) is 13. The first-order valence-electron chi connectivity index (χ1n) is 23.5. The molecule has 0 aromatic heterocycles. The smallest absolute Gasteiger partial charge is 0.337 e. The lowest BCUT2D eigenvalue weighted by Gasteiger charge is -2.53. The van der Waals surface area contributed by atoms with Gasteiger partial charge in [-0.25, -0.2) is 4.79 Å². The van der Waals surface area contributed by atoms with Crippen molar-refractivity contribution in [2.24, 2.45) is 41.4 Å². The maximum absolute atomic E-state index is 14.6. The van der Waals surface area contributed by atoms with Crippen LogP contribution in [0.25, 0.3) is 0 Å². The first-order valence-corrected chi connectivity index (χ1v) is 23.5. The largest absolute Gasteiger partial charge is 0.507 e. The third kappa shape index (κ3) is 9.55. The third-order valence-corrected chi connectivity index (χ3v) is 15.7. The molecule has 5 aliphatic rings. The van der Waals surface area contributed by atoms with E-state index in [9.17, 15) is 34.5 Å². The van der Waals surface area contributed by atoms with Crippen LogP contribution in [0.1, 0.15) is 144 Å². The molecule has 1 aromatic carbocycles. The number of hydroxylamine groups is 1. The lowest BCUT2D eigenvalue weighted by molar-refractivity contribution is -0.378. The number of rotatable bonds is 13. The van der Waals surface area contributed by atoms with Gasteiger partial charge in [0.25, 0.3) is 5.91 Å². The quantitative estimate of drug-likeness (QED) is 0.150. The average Bonchev–Trinajstić information content (AvgIpc) is 3.61. The molecule has 5 heterocycles. The van der Waals surface area contributed by atoms with Crippen molar-refractivity contribution in [1.82, 2.24) is 5.48 Å². The van der Waals surface area contributed by atoms with Crippen LogP contribution >= 0.6 is 0 Å². The molecule has 4 fully saturated rings. The van der Waals surface area contributed by atoms with Gasteiger partial charge in [-0.15, -0.1) is 0 Å². The number of nitrogens with one attached hydrogen (secondary N) is 1. The predicted molar refractivity (Wildman–Crippen MR) is 232 cm³/mol. The number of amides is 1. The summed E-state index contributed by atoms with van der Waals surface area (Å²) in [5, 5.41) is 33.0. The zero-order valence-electron chi connectivity index (χ0n) is 39.0. The Kier molecular flexibility index (Phi) is 15.1. The Labute approximate surface area is 373 Å². The molecule has 352 valence electrons. The number of phenols is 1. The van der Waals surface area contributed by atoms with Crippen LogP contribution in [0.3, 0.4) is 0 Å². The van der Waals surface area contributed by atoms with Crippen molar-refractivity contribution in [2.75, 3.05) is 0 Å². The van der Waals surface area contributed by atoms with Crippen molar-refractivity contribution >= 4 is 23.4 Å². The summed E-state index contributed by atoms with van der Waals surface area (Å²) in [5.74, 6) is -7.85. The molecule has 17 atom stereocenters. The molecule has 1 amide bonds. The van der Waals surface area contributed by atoms with E-state index in [1.807, 2.05) is 55.4 Å². The summed E-state index contributed by atoms with van der Waals surface area (Å²) >= 11 is 0. The lowest BCUT2D eigenvalue weighted by Crippen LogP contribution is -2.62. The highest BCUT2D eigenvalue weighted by molar-refractivity contribution is 5.97. The molecule has 1 aromatic rings. The van der Waals surface area contributed by atoms with Crippen molar-refractivity contribution in [3.63, 3.8) is 0 Å². The number of carbonyl (C=O) groups is 4. The number of ketones is 2. The van der Waals surface area contributed by atoms with Crippen LogP contribution in [0, 0.1) is 41.4 Å². The highest BCUT2D eigenvalue weighted by Crippen LogP contribution is 2.53. The zero-order valence-corrected chi connectivity index (χ0v) is 39.0. The Hall–Kier alpha value is -3.24. The molecule has 14 nitrogen and oxygen atoms in total. The summed E-state index contributed by atoms with van der Waals surface area (Å²) in [7, 11) is 0. The SMILES string of the molecule is CC[C@@H](C(=O)[C@@H](C)[C@@H](O)[C@H](C)[C@@H]1O[C@@H]([C@@H](CC)C(=O)ONC(=O)c2ccccc2O)CC[C@@H]1C)[C@H]1O[C@]2(C=CC(=O)[C@]3(CC[C@@](C)([C@H]4CC[C@](O)(CC)[C@H](C)O4)O3)O2)[C@H](C)C[C@@H]1C. The fourth-order valence-electron chi connectivity index (χ4n) is 11.2. The fourth-order valence-corrected chi connectivity index (χ4v) is 11.2. The minimum Gasteiger partial charge on any atom is -0.507 e. The van der Waals surface area contributed by atoms with Crippen LogP contribution in [-0.4, -0.2) is 98.2 Å². The number of aromatic hydroxyl groups is 1. The number of ether oxygens (including phenoxy) is 5. The van der Waals surface area contributed by atoms with Gasteiger partial charge < -0.3 is 43.8 Å². The van der Waals surface area contributed by atoms with Crippen molar-refractivity contribution < 1.29 is 63.0 Å². The van der Waals surface area contributed by atoms with E-state index in [4.69, 9.17) is 28.5 Å². The van der Waals surface area contributed by atoms with Gasteiger partial charge in [0.15, 0.2) is 5.79 Å². The number of para-hydroxylation sites is 1. The zero-order chi connectivity index (χ0) is 46.2. The average molecular weight is 884 g/mol. The van der Waals surface area contributed by atoms with Crippen molar-refractivity contribution in [3.05, 3.63) is 42.0 Å². The molecule has 14 heteroatoms. The molecule has 6 rings (SSSR count). The van der Waals surface area contributed by atoms with E-state index in [-0.39, 0.29) is 46.7 Å². The van der Waals surface area contributed by atoms with E-state index in [0.29, 0.717) is 64.2 Å². The first kappa shape index (κ1) is 49.2. The molecule has 5 aliphatic heterocycles. The molecule has 63 heavy (non-hydrogen) atoms. The highest BCUT2D eigenvalue weighted by atomic mass is 16.8. The Balaban J connectivity index is 1.11. The summed E-state index contributed by atoms with van der Waals surface area (Å²) in [4.78, 5) is 59.5. The Morgan fingerprint density at radius 2 is 1.60 bits per heavy atom. The number of benzene rings is 1. The van der Waals surface area contributed by atoms with Gasteiger partial charge in [0.1, 0.15) is 11.5 Å². The molecular weight excluding hydrogens is 811 g/mol. The molecule has 4 saturated heterocycles. The molecule has 0 saturated carbocycles. The summed E-state index contributed by atoms with van der Waals surface area (Å²) in [6, 6.07) is 5.94. The van der Waals surface area contributed by atoms with Crippen LogP contribution in [0.15, 0.2) is 36.4 Å². The molecule has 0 aliphatic carbocycles. The van der Waals surface area contributed by atoms with Gasteiger partial charge in [0.2, 0.25) is 11.6 Å². The van der Waals surface area contributed by atoms with Crippen molar-refractivity contribution in [3.8, 4) is 5.75 Å². The van der Waals surface area contributed by atoms with E-state index in [2.05, 4.69) is 12.4 Å². The molecule has 0 bridgehead atoms. The fraction of sp³-hybridized carbons (Fsp3) is 0.755. The summed E-state index contributed by atoms with van der Waals surface area (Å²) in [6.07, 6.45) is 5.02. The second-order valence-electron chi connectivity index (χ2n) is 19.8. The number of carbonyl (C=O) groups excluding carboxylic acids is 4. The Morgan fingerprint density at radius 1 is 0.905 bits per heavy atom. The van der Waals surface area contributed by atoms with Gasteiger partial charge in [-0.1, -0.05) is 67.5 Å². The van der Waals surface area contributed by atoms with E-state index in [1.165, 1.54) is 18.2 Å². The highest BCUT2D eigenvalue weighted by Gasteiger charge is 2.63. The minimum atomic E-state index is -1.60. The number of hydrogen-bond donors (Lipinski definition) is 4. The summed E-state index contributed by atoms with van der Waals surface area (Å²) in [6.45, 7) is 19.3. The number of phenolic OH excluding ortho intramolecular Hbond substituents is 1. The molecule has 0 radical (unpaired) electrons. The van der Waals surface area contributed by atoms with Gasteiger partial charge in [-0.2, -0.15) is 5.48 Å². The molecule has 0 unspecified atom stereocenters. The third-order valence-electron chi connectivity index (χ3n) is 15.7. The maximum atomic E-state index is 14.6. The van der Waals surface area contributed by atoms with E-state index < -0.39 is 88.8 Å². The second kappa shape index (κ2) is 19.3. The summed E-state index contributed by atoms with van der Waals surface area (Å²) in [5.41, 5.74) is 0.362.